The van der Waals surface area contributed by atoms with Crippen LogP contribution in [-0.4, -0.2) is 6.54 Å². The molecule has 2 rings (SSSR count). The van der Waals surface area contributed by atoms with Crippen LogP contribution in [0, 0.1) is 0 Å². The first kappa shape index (κ1) is 18.1. The van der Waals surface area contributed by atoms with Gasteiger partial charge in [0.15, 0.2) is 0 Å². The van der Waals surface area contributed by atoms with Gasteiger partial charge >= 0.3 is 0 Å². The number of hydrogen-bond acceptors (Lipinski definition) is 2. The summed E-state index contributed by atoms with van der Waals surface area (Å²) in [6, 6.07) is 13.5. The zero-order chi connectivity index (χ0) is 14.4. The number of hydrogen-bond donors (Lipinski definition) is 1. The number of rotatable bonds is 6. The summed E-state index contributed by atoms with van der Waals surface area (Å²) in [4.78, 5) is 0. The highest BCUT2D eigenvalue weighted by molar-refractivity contribution is 6.35. The lowest BCUT2D eigenvalue weighted by Gasteiger charge is -2.09. The van der Waals surface area contributed by atoms with Crippen molar-refractivity contribution < 1.29 is 4.74 Å². The molecule has 2 nitrogen and oxygen atoms in total. The first-order valence-corrected chi connectivity index (χ1v) is 7.31. The Labute approximate surface area is 141 Å². The van der Waals surface area contributed by atoms with Gasteiger partial charge in [0.25, 0.3) is 0 Å². The minimum Gasteiger partial charge on any atom is -0.489 e. The molecule has 0 saturated carbocycles. The van der Waals surface area contributed by atoms with Crippen molar-refractivity contribution in [1.82, 2.24) is 5.32 Å². The monoisotopic (exact) mass is 345 g/mol. The summed E-state index contributed by atoms with van der Waals surface area (Å²) in [6.45, 7) is 4.36. The van der Waals surface area contributed by atoms with Gasteiger partial charge < -0.3 is 10.1 Å². The fourth-order valence-corrected chi connectivity index (χ4v) is 2.24. The van der Waals surface area contributed by atoms with Crippen molar-refractivity contribution in [2.75, 3.05) is 6.54 Å². The van der Waals surface area contributed by atoms with Crippen LogP contribution in [-0.2, 0) is 13.2 Å². The zero-order valence-electron chi connectivity index (χ0n) is 11.7. The van der Waals surface area contributed by atoms with Crippen molar-refractivity contribution in [2.24, 2.45) is 0 Å². The van der Waals surface area contributed by atoms with Crippen LogP contribution in [0.1, 0.15) is 18.1 Å². The molecule has 114 valence electrons. The molecule has 0 aliphatic carbocycles. The van der Waals surface area contributed by atoms with Gasteiger partial charge in [0.2, 0.25) is 0 Å². The van der Waals surface area contributed by atoms with Crippen molar-refractivity contribution in [3.63, 3.8) is 0 Å². The van der Waals surface area contributed by atoms with Gasteiger partial charge in [0.1, 0.15) is 12.4 Å². The molecule has 0 bridgehead atoms. The largest absolute Gasteiger partial charge is 0.489 e. The van der Waals surface area contributed by atoms with E-state index < -0.39 is 0 Å². The summed E-state index contributed by atoms with van der Waals surface area (Å²) in [7, 11) is 0. The Bertz CT molecular complexity index is 558. The molecule has 0 radical (unpaired) electrons. The lowest BCUT2D eigenvalue weighted by Crippen LogP contribution is -2.11. The minimum atomic E-state index is 0. The number of halogens is 3. The summed E-state index contributed by atoms with van der Waals surface area (Å²) >= 11 is 12.0. The number of benzene rings is 2. The maximum atomic E-state index is 6.11. The molecular formula is C16H18Cl3NO. The smallest absolute Gasteiger partial charge is 0.119 e. The normalized spacial score (nSPS) is 10.0. The average Bonchev–Trinajstić information content (AvgIpc) is 2.45. The molecule has 0 atom stereocenters. The molecule has 0 fully saturated rings. The first-order chi connectivity index (χ1) is 9.69. The Kier molecular flexibility index (Phi) is 7.91. The van der Waals surface area contributed by atoms with E-state index in [9.17, 15) is 0 Å². The molecule has 5 heteroatoms. The molecule has 0 unspecified atom stereocenters. The van der Waals surface area contributed by atoms with Crippen LogP contribution in [0.25, 0.3) is 0 Å². The third kappa shape index (κ3) is 5.76. The fraction of sp³-hybridized carbons (Fsp3) is 0.250. The molecule has 1 N–H and O–H groups in total. The van der Waals surface area contributed by atoms with Crippen LogP contribution in [0.5, 0.6) is 5.75 Å². The van der Waals surface area contributed by atoms with Gasteiger partial charge in [-0.15, -0.1) is 12.4 Å². The third-order valence-corrected chi connectivity index (χ3v) is 3.50. The van der Waals surface area contributed by atoms with Gasteiger partial charge in [-0.2, -0.15) is 0 Å². The van der Waals surface area contributed by atoms with E-state index in [1.165, 1.54) is 5.56 Å². The van der Waals surface area contributed by atoms with Crippen molar-refractivity contribution in [2.45, 2.75) is 20.1 Å². The average molecular weight is 347 g/mol. The quantitative estimate of drug-likeness (QED) is 0.785. The molecule has 0 aliphatic rings. The Morgan fingerprint density at radius 1 is 1.05 bits per heavy atom. The molecular weight excluding hydrogens is 329 g/mol. The van der Waals surface area contributed by atoms with Gasteiger partial charge in [-0.25, -0.2) is 0 Å². The topological polar surface area (TPSA) is 21.3 Å². The Morgan fingerprint density at radius 2 is 1.76 bits per heavy atom. The van der Waals surface area contributed by atoms with E-state index in [4.69, 9.17) is 27.9 Å². The summed E-state index contributed by atoms with van der Waals surface area (Å²) in [5.41, 5.74) is 2.16. The van der Waals surface area contributed by atoms with E-state index >= 15 is 0 Å². The summed E-state index contributed by atoms with van der Waals surface area (Å²) in [5.74, 6) is 0.830. The predicted molar refractivity (Wildman–Crippen MR) is 91.9 cm³/mol. The van der Waals surface area contributed by atoms with Crippen LogP contribution in [0.3, 0.4) is 0 Å². The van der Waals surface area contributed by atoms with Gasteiger partial charge in [0.05, 0.1) is 0 Å². The van der Waals surface area contributed by atoms with Crippen LogP contribution >= 0.6 is 35.6 Å². The predicted octanol–water partition coefficient (Wildman–Crippen LogP) is 5.10. The van der Waals surface area contributed by atoms with Gasteiger partial charge in [-0.1, -0.05) is 48.3 Å². The SMILES string of the molecule is CCNCc1ccc(OCc2ccc(Cl)cc2Cl)cc1.Cl. The van der Waals surface area contributed by atoms with Crippen LogP contribution in [0.4, 0.5) is 0 Å². The maximum absolute atomic E-state index is 6.11. The fourth-order valence-electron chi connectivity index (χ4n) is 1.77. The number of ether oxygens (including phenoxy) is 1. The van der Waals surface area contributed by atoms with Crippen molar-refractivity contribution in [3.05, 3.63) is 63.6 Å². The highest BCUT2D eigenvalue weighted by Gasteiger charge is 2.02. The summed E-state index contributed by atoms with van der Waals surface area (Å²) < 4.78 is 5.72. The third-order valence-electron chi connectivity index (χ3n) is 2.91. The summed E-state index contributed by atoms with van der Waals surface area (Å²) in [5, 5.41) is 4.54. The molecule has 0 aliphatic heterocycles. The van der Waals surface area contributed by atoms with E-state index in [1.807, 2.05) is 24.3 Å². The van der Waals surface area contributed by atoms with Crippen LogP contribution in [0.15, 0.2) is 42.5 Å². The van der Waals surface area contributed by atoms with Crippen molar-refractivity contribution in [3.8, 4) is 5.75 Å². The van der Waals surface area contributed by atoms with E-state index in [2.05, 4.69) is 24.4 Å². The molecule has 2 aromatic carbocycles. The van der Waals surface area contributed by atoms with Gasteiger partial charge in [-0.3, -0.25) is 0 Å². The molecule has 2 aromatic rings. The molecule has 0 spiro atoms. The molecule has 0 heterocycles. The second-order valence-corrected chi connectivity index (χ2v) is 5.29. The van der Waals surface area contributed by atoms with Gasteiger partial charge in [-0.05, 0) is 36.4 Å². The van der Waals surface area contributed by atoms with E-state index in [0.717, 1.165) is 24.4 Å². The summed E-state index contributed by atoms with van der Waals surface area (Å²) in [6.07, 6.45) is 0. The van der Waals surface area contributed by atoms with Crippen LogP contribution in [0.2, 0.25) is 10.0 Å². The lowest BCUT2D eigenvalue weighted by molar-refractivity contribution is 0.306. The Hall–Kier alpha value is -0.930. The first-order valence-electron chi connectivity index (χ1n) is 6.55. The Balaban J connectivity index is 0.00000220. The zero-order valence-corrected chi connectivity index (χ0v) is 14.1. The Morgan fingerprint density at radius 3 is 2.38 bits per heavy atom. The van der Waals surface area contributed by atoms with E-state index in [1.54, 1.807) is 6.07 Å². The molecule has 0 amide bonds. The van der Waals surface area contributed by atoms with Crippen LogP contribution < -0.4 is 10.1 Å². The van der Waals surface area contributed by atoms with E-state index in [0.29, 0.717) is 16.7 Å². The standard InChI is InChI=1S/C16H17Cl2NO.ClH/c1-2-19-10-12-3-7-15(8-4-12)20-11-13-5-6-14(17)9-16(13)18;/h3-9,19H,2,10-11H2,1H3;1H. The lowest BCUT2D eigenvalue weighted by atomic mass is 10.2. The second-order valence-electron chi connectivity index (χ2n) is 4.45. The maximum Gasteiger partial charge on any atom is 0.119 e. The molecule has 0 saturated heterocycles. The highest BCUT2D eigenvalue weighted by Crippen LogP contribution is 2.22. The number of nitrogens with one attached hydrogen (secondary N) is 1. The van der Waals surface area contributed by atoms with E-state index in [-0.39, 0.29) is 12.4 Å². The molecule has 0 aromatic heterocycles. The van der Waals surface area contributed by atoms with Crippen molar-refractivity contribution in [1.29, 1.82) is 0 Å². The second kappa shape index (κ2) is 9.16. The van der Waals surface area contributed by atoms with Crippen molar-refractivity contribution >= 4 is 35.6 Å². The molecule has 21 heavy (non-hydrogen) atoms. The highest BCUT2D eigenvalue weighted by atomic mass is 35.5. The van der Waals surface area contributed by atoms with Gasteiger partial charge in [0, 0.05) is 22.2 Å². The minimum absolute atomic E-state index is 0.